The van der Waals surface area contributed by atoms with E-state index in [-0.39, 0.29) is 0 Å². The van der Waals surface area contributed by atoms with Crippen molar-refractivity contribution in [3.05, 3.63) is 29.8 Å². The second kappa shape index (κ2) is 6.17. The van der Waals surface area contributed by atoms with Crippen molar-refractivity contribution in [1.82, 2.24) is 5.32 Å². The molecule has 0 saturated heterocycles. The maximum Gasteiger partial charge on any atom is 0.115 e. The first-order chi connectivity index (χ1) is 9.40. The molecule has 0 radical (unpaired) electrons. The number of rotatable bonds is 3. The summed E-state index contributed by atoms with van der Waals surface area (Å²) in [7, 11) is 2.09. The fourth-order valence-corrected chi connectivity index (χ4v) is 3.59. The van der Waals surface area contributed by atoms with Crippen LogP contribution in [0.25, 0.3) is 0 Å². The maximum atomic E-state index is 9.40. The van der Waals surface area contributed by atoms with Crippen molar-refractivity contribution in [3.63, 3.8) is 0 Å². The molecule has 2 rings (SSSR count). The number of benzene rings is 1. The second-order valence-electron chi connectivity index (χ2n) is 7.40. The van der Waals surface area contributed by atoms with Crippen molar-refractivity contribution in [2.45, 2.75) is 52.5 Å². The van der Waals surface area contributed by atoms with Crippen molar-refractivity contribution in [2.75, 3.05) is 7.05 Å². The first-order valence-electron chi connectivity index (χ1n) is 7.85. The third kappa shape index (κ3) is 3.76. The molecule has 1 saturated carbocycles. The first-order valence-corrected chi connectivity index (χ1v) is 7.85. The molecule has 1 fully saturated rings. The van der Waals surface area contributed by atoms with Gasteiger partial charge in [-0.25, -0.2) is 0 Å². The molecule has 1 aromatic carbocycles. The molecule has 0 spiro atoms. The quantitative estimate of drug-likeness (QED) is 0.874. The van der Waals surface area contributed by atoms with Crippen LogP contribution in [0.5, 0.6) is 5.75 Å². The number of aromatic hydroxyl groups is 1. The number of phenolic OH excluding ortho intramolecular Hbond substituents is 1. The van der Waals surface area contributed by atoms with Crippen molar-refractivity contribution in [2.24, 2.45) is 17.3 Å². The molecular formula is C18H29NO. The van der Waals surface area contributed by atoms with Gasteiger partial charge in [-0.2, -0.15) is 0 Å². The van der Waals surface area contributed by atoms with Gasteiger partial charge in [-0.1, -0.05) is 32.9 Å². The first kappa shape index (κ1) is 15.4. The van der Waals surface area contributed by atoms with E-state index in [1.165, 1.54) is 24.8 Å². The standard InChI is InChI=1S/C18H29NO/c1-18(2,3)15-7-10-17(19-4)14(12-15)11-13-5-8-16(20)9-6-13/h5-6,8-9,14-15,17,19-20H,7,10-12H2,1-4H3. The van der Waals surface area contributed by atoms with Gasteiger partial charge in [0.2, 0.25) is 0 Å². The zero-order chi connectivity index (χ0) is 14.8. The van der Waals surface area contributed by atoms with E-state index < -0.39 is 0 Å². The van der Waals surface area contributed by atoms with Crippen LogP contribution >= 0.6 is 0 Å². The van der Waals surface area contributed by atoms with Crippen LogP contribution < -0.4 is 5.32 Å². The summed E-state index contributed by atoms with van der Waals surface area (Å²) in [6.07, 6.45) is 5.02. The van der Waals surface area contributed by atoms with E-state index in [0.29, 0.717) is 23.1 Å². The molecule has 3 atom stereocenters. The summed E-state index contributed by atoms with van der Waals surface area (Å²) in [5.41, 5.74) is 1.74. The Morgan fingerprint density at radius 3 is 2.35 bits per heavy atom. The fraction of sp³-hybridized carbons (Fsp3) is 0.667. The molecular weight excluding hydrogens is 246 g/mol. The van der Waals surface area contributed by atoms with Crippen LogP contribution in [0.4, 0.5) is 0 Å². The van der Waals surface area contributed by atoms with Crippen LogP contribution in [-0.2, 0) is 6.42 Å². The van der Waals surface area contributed by atoms with Crippen molar-refractivity contribution in [3.8, 4) is 5.75 Å². The lowest BCUT2D eigenvalue weighted by Crippen LogP contribution is -2.42. The molecule has 3 unspecified atom stereocenters. The molecule has 2 heteroatoms. The second-order valence-corrected chi connectivity index (χ2v) is 7.40. The van der Waals surface area contributed by atoms with E-state index in [1.54, 1.807) is 12.1 Å². The average Bonchev–Trinajstić information content (AvgIpc) is 2.40. The Labute approximate surface area is 123 Å². The summed E-state index contributed by atoms with van der Waals surface area (Å²) in [6.45, 7) is 7.11. The monoisotopic (exact) mass is 275 g/mol. The topological polar surface area (TPSA) is 32.3 Å². The predicted octanol–water partition coefficient (Wildman–Crippen LogP) is 3.99. The van der Waals surface area contributed by atoms with Gasteiger partial charge in [0.15, 0.2) is 0 Å². The van der Waals surface area contributed by atoms with Gasteiger partial charge in [-0.15, -0.1) is 0 Å². The number of hydrogen-bond acceptors (Lipinski definition) is 2. The van der Waals surface area contributed by atoms with Crippen LogP contribution in [0.2, 0.25) is 0 Å². The number of nitrogens with one attached hydrogen (secondary N) is 1. The highest BCUT2D eigenvalue weighted by Gasteiger charge is 2.35. The van der Waals surface area contributed by atoms with Crippen LogP contribution in [0.1, 0.15) is 45.6 Å². The highest BCUT2D eigenvalue weighted by atomic mass is 16.3. The summed E-state index contributed by atoms with van der Waals surface area (Å²) >= 11 is 0. The summed E-state index contributed by atoms with van der Waals surface area (Å²) in [5.74, 6) is 1.87. The molecule has 1 aromatic rings. The molecule has 0 aromatic heterocycles. The largest absolute Gasteiger partial charge is 0.508 e. The zero-order valence-corrected chi connectivity index (χ0v) is 13.3. The van der Waals surface area contributed by atoms with Gasteiger partial charge >= 0.3 is 0 Å². The minimum Gasteiger partial charge on any atom is -0.508 e. The van der Waals surface area contributed by atoms with Crippen molar-refractivity contribution in [1.29, 1.82) is 0 Å². The lowest BCUT2D eigenvalue weighted by atomic mass is 9.66. The van der Waals surface area contributed by atoms with E-state index in [2.05, 4.69) is 45.3 Å². The normalized spacial score (nSPS) is 27.5. The predicted molar refractivity (Wildman–Crippen MR) is 84.9 cm³/mol. The van der Waals surface area contributed by atoms with E-state index in [4.69, 9.17) is 0 Å². The van der Waals surface area contributed by atoms with Crippen molar-refractivity contribution >= 4 is 0 Å². The highest BCUT2D eigenvalue weighted by Crippen LogP contribution is 2.41. The van der Waals surface area contributed by atoms with Crippen LogP contribution in [-0.4, -0.2) is 18.2 Å². The Bertz CT molecular complexity index is 418. The van der Waals surface area contributed by atoms with Gasteiger partial charge in [0.25, 0.3) is 0 Å². The lowest BCUT2D eigenvalue weighted by Gasteiger charge is -2.42. The van der Waals surface area contributed by atoms with E-state index in [1.807, 2.05) is 0 Å². The summed E-state index contributed by atoms with van der Waals surface area (Å²) in [5, 5.41) is 12.9. The highest BCUT2D eigenvalue weighted by molar-refractivity contribution is 5.26. The van der Waals surface area contributed by atoms with Gasteiger partial charge in [0, 0.05) is 6.04 Å². The summed E-state index contributed by atoms with van der Waals surface area (Å²) in [6, 6.07) is 8.34. The number of hydrogen-bond donors (Lipinski definition) is 2. The molecule has 1 aliphatic rings. The summed E-state index contributed by atoms with van der Waals surface area (Å²) < 4.78 is 0. The minimum absolute atomic E-state index is 0.357. The van der Waals surface area contributed by atoms with Gasteiger partial charge < -0.3 is 10.4 Å². The molecule has 0 bridgehead atoms. The van der Waals surface area contributed by atoms with Crippen LogP contribution in [0, 0.1) is 17.3 Å². The Morgan fingerprint density at radius 2 is 1.80 bits per heavy atom. The smallest absolute Gasteiger partial charge is 0.115 e. The number of phenols is 1. The third-order valence-electron chi connectivity index (χ3n) is 5.01. The molecule has 0 aliphatic heterocycles. The van der Waals surface area contributed by atoms with E-state index >= 15 is 0 Å². The lowest BCUT2D eigenvalue weighted by molar-refractivity contribution is 0.117. The maximum absolute atomic E-state index is 9.40. The van der Waals surface area contributed by atoms with Crippen molar-refractivity contribution < 1.29 is 5.11 Å². The minimum atomic E-state index is 0.357. The Balaban J connectivity index is 2.07. The third-order valence-corrected chi connectivity index (χ3v) is 5.01. The molecule has 112 valence electrons. The Hall–Kier alpha value is -1.02. The van der Waals surface area contributed by atoms with Gasteiger partial charge in [0.05, 0.1) is 0 Å². The molecule has 0 heterocycles. The van der Waals surface area contributed by atoms with Gasteiger partial charge in [0.1, 0.15) is 5.75 Å². The van der Waals surface area contributed by atoms with E-state index in [0.717, 1.165) is 12.3 Å². The molecule has 2 nitrogen and oxygen atoms in total. The van der Waals surface area contributed by atoms with Crippen LogP contribution in [0.3, 0.4) is 0 Å². The Morgan fingerprint density at radius 1 is 1.15 bits per heavy atom. The SMILES string of the molecule is CNC1CCC(C(C)(C)C)CC1Cc1ccc(O)cc1. The van der Waals surface area contributed by atoms with Gasteiger partial charge in [-0.05, 0) is 67.7 Å². The van der Waals surface area contributed by atoms with Crippen LogP contribution in [0.15, 0.2) is 24.3 Å². The van der Waals surface area contributed by atoms with Gasteiger partial charge in [-0.3, -0.25) is 0 Å². The van der Waals surface area contributed by atoms with E-state index in [9.17, 15) is 5.11 Å². The molecule has 20 heavy (non-hydrogen) atoms. The fourth-order valence-electron chi connectivity index (χ4n) is 3.59. The molecule has 0 amide bonds. The Kier molecular flexibility index (Phi) is 4.74. The zero-order valence-electron chi connectivity index (χ0n) is 13.3. The molecule has 1 aliphatic carbocycles. The molecule has 2 N–H and O–H groups in total. The average molecular weight is 275 g/mol. The summed E-state index contributed by atoms with van der Waals surface area (Å²) in [4.78, 5) is 0.